The number of aromatic nitrogens is 1. The Kier molecular flexibility index (Phi) is 2.87. The second kappa shape index (κ2) is 4.32. The lowest BCUT2D eigenvalue weighted by atomic mass is 10.3. The van der Waals surface area contributed by atoms with Crippen molar-refractivity contribution in [3.8, 4) is 0 Å². The van der Waals surface area contributed by atoms with Crippen LogP contribution in [0.1, 0.15) is 0 Å². The van der Waals surface area contributed by atoms with Crippen molar-refractivity contribution in [2.24, 2.45) is 0 Å². The molecule has 0 saturated heterocycles. The summed E-state index contributed by atoms with van der Waals surface area (Å²) in [4.78, 5) is 22.9. The molecule has 0 amide bonds. The zero-order valence-electron chi connectivity index (χ0n) is 8.38. The van der Waals surface area contributed by atoms with E-state index in [1.807, 2.05) is 6.07 Å². The van der Waals surface area contributed by atoms with E-state index in [0.717, 1.165) is 20.6 Å². The summed E-state index contributed by atoms with van der Waals surface area (Å²) in [5, 5.41) is 0. The molecule has 0 aliphatic rings. The lowest BCUT2D eigenvalue weighted by Gasteiger charge is -2.01. The summed E-state index contributed by atoms with van der Waals surface area (Å²) in [5.74, 6) is 0. The average molecular weight is 235 g/mol. The summed E-state index contributed by atoms with van der Waals surface area (Å²) in [5.41, 5.74) is 0.576. The first-order chi connectivity index (χ1) is 7.74. The molecule has 1 aromatic carbocycles. The maximum atomic E-state index is 11.6. The number of fused-ring (bicyclic) bond motifs is 1. The Balaban J connectivity index is 2.51. The van der Waals surface area contributed by atoms with Crippen LogP contribution in [0.15, 0.2) is 41.7 Å². The molecule has 0 saturated carbocycles. The fourth-order valence-electron chi connectivity index (χ4n) is 1.33. The third-order valence-electron chi connectivity index (χ3n) is 1.99. The Hall–Kier alpha value is -1.88. The molecular formula is C11H9NO3S. The Morgan fingerprint density at radius 2 is 2.25 bits per heavy atom. The molecule has 0 fully saturated rings. The summed E-state index contributed by atoms with van der Waals surface area (Å²) in [6.45, 7) is 3.53. The quantitative estimate of drug-likeness (QED) is 0.750. The highest BCUT2D eigenvalue weighted by atomic mass is 32.1. The molecule has 1 heterocycles. The van der Waals surface area contributed by atoms with Gasteiger partial charge in [0.1, 0.15) is 6.61 Å². The largest absolute Gasteiger partial charge is 0.445 e. The second-order valence-corrected chi connectivity index (χ2v) is 4.03. The van der Waals surface area contributed by atoms with Crippen molar-refractivity contribution in [1.82, 2.24) is 4.57 Å². The molecule has 82 valence electrons. The first-order valence-corrected chi connectivity index (χ1v) is 5.44. The first-order valence-electron chi connectivity index (χ1n) is 4.62. The summed E-state index contributed by atoms with van der Waals surface area (Å²) >= 11 is 1.02. The van der Waals surface area contributed by atoms with Gasteiger partial charge in [0, 0.05) is 0 Å². The Morgan fingerprint density at radius 1 is 1.50 bits per heavy atom. The first kappa shape index (κ1) is 10.6. The minimum Gasteiger partial charge on any atom is -0.445 e. The van der Waals surface area contributed by atoms with Crippen molar-refractivity contribution < 1.29 is 9.53 Å². The fraction of sp³-hybridized carbons (Fsp3) is 0.0909. The lowest BCUT2D eigenvalue weighted by Crippen LogP contribution is -2.23. The zero-order valence-corrected chi connectivity index (χ0v) is 9.20. The lowest BCUT2D eigenvalue weighted by molar-refractivity contribution is 0.160. The van der Waals surface area contributed by atoms with Crippen LogP contribution in [0.25, 0.3) is 10.2 Å². The van der Waals surface area contributed by atoms with Crippen molar-refractivity contribution in [3.63, 3.8) is 0 Å². The highest BCUT2D eigenvalue weighted by Crippen LogP contribution is 2.16. The van der Waals surface area contributed by atoms with Crippen molar-refractivity contribution in [3.05, 3.63) is 46.6 Å². The molecular weight excluding hydrogens is 226 g/mol. The van der Waals surface area contributed by atoms with Crippen LogP contribution < -0.4 is 4.87 Å². The molecule has 5 heteroatoms. The zero-order chi connectivity index (χ0) is 11.5. The number of hydrogen-bond donors (Lipinski definition) is 0. The molecule has 2 rings (SSSR count). The number of carbonyl (C=O) groups excluding carboxylic acids is 1. The number of hydrogen-bond acceptors (Lipinski definition) is 4. The SMILES string of the molecule is C=CCOC(=O)n1c(=O)sc2ccccc21. The number of thiazole rings is 1. The third-order valence-corrected chi connectivity index (χ3v) is 2.92. The Labute approximate surface area is 95.4 Å². The van der Waals surface area contributed by atoms with E-state index >= 15 is 0 Å². The van der Waals surface area contributed by atoms with E-state index in [0.29, 0.717) is 5.52 Å². The maximum absolute atomic E-state index is 11.6. The van der Waals surface area contributed by atoms with E-state index < -0.39 is 6.09 Å². The molecule has 4 nitrogen and oxygen atoms in total. The van der Waals surface area contributed by atoms with Gasteiger partial charge in [-0.2, -0.15) is 0 Å². The summed E-state index contributed by atoms with van der Waals surface area (Å²) in [6.07, 6.45) is 0.791. The molecule has 0 unspecified atom stereocenters. The Morgan fingerprint density at radius 3 is 3.00 bits per heavy atom. The summed E-state index contributed by atoms with van der Waals surface area (Å²) in [7, 11) is 0. The monoisotopic (exact) mass is 235 g/mol. The molecule has 0 radical (unpaired) electrons. The topological polar surface area (TPSA) is 48.3 Å². The predicted octanol–water partition coefficient (Wildman–Crippen LogP) is 2.23. The van der Waals surface area contributed by atoms with Gasteiger partial charge in [-0.3, -0.25) is 4.79 Å². The molecule has 0 bridgehead atoms. The maximum Gasteiger partial charge on any atom is 0.422 e. The number of para-hydroxylation sites is 1. The van der Waals surface area contributed by atoms with Gasteiger partial charge in [-0.25, -0.2) is 9.36 Å². The van der Waals surface area contributed by atoms with Gasteiger partial charge in [0.15, 0.2) is 0 Å². The van der Waals surface area contributed by atoms with E-state index in [9.17, 15) is 9.59 Å². The molecule has 0 aliphatic heterocycles. The third kappa shape index (κ3) is 1.77. The molecule has 2 aromatic rings. The molecule has 16 heavy (non-hydrogen) atoms. The van der Waals surface area contributed by atoms with Crippen LogP contribution in [-0.2, 0) is 4.74 Å². The molecule has 0 aliphatic carbocycles. The van der Waals surface area contributed by atoms with Gasteiger partial charge in [-0.05, 0) is 12.1 Å². The number of nitrogens with zero attached hydrogens (tertiary/aromatic N) is 1. The molecule has 0 spiro atoms. The van der Waals surface area contributed by atoms with Crippen molar-refractivity contribution in [2.45, 2.75) is 0 Å². The standard InChI is InChI=1S/C11H9NO3S/c1-2-7-15-10(13)12-8-5-3-4-6-9(8)16-11(12)14/h2-6H,1,7H2. The highest BCUT2D eigenvalue weighted by Gasteiger charge is 2.14. The van der Waals surface area contributed by atoms with Gasteiger partial charge in [0.2, 0.25) is 0 Å². The summed E-state index contributed by atoms with van der Waals surface area (Å²) in [6, 6.07) is 7.09. The minimum absolute atomic E-state index is 0.0927. The summed E-state index contributed by atoms with van der Waals surface area (Å²) < 4.78 is 6.64. The van der Waals surface area contributed by atoms with Gasteiger partial charge >= 0.3 is 11.0 Å². The van der Waals surface area contributed by atoms with Crippen LogP contribution >= 0.6 is 11.3 Å². The number of carbonyl (C=O) groups is 1. The molecule has 1 aromatic heterocycles. The van der Waals surface area contributed by atoms with Crippen LogP contribution in [-0.4, -0.2) is 17.3 Å². The van der Waals surface area contributed by atoms with Gasteiger partial charge in [-0.1, -0.05) is 36.1 Å². The van der Waals surface area contributed by atoms with E-state index in [-0.39, 0.29) is 11.5 Å². The predicted molar refractivity (Wildman–Crippen MR) is 63.0 cm³/mol. The highest BCUT2D eigenvalue weighted by molar-refractivity contribution is 7.16. The average Bonchev–Trinajstić information content (AvgIpc) is 2.62. The number of rotatable bonds is 2. The van der Waals surface area contributed by atoms with Gasteiger partial charge in [0.25, 0.3) is 0 Å². The van der Waals surface area contributed by atoms with Crippen LogP contribution in [0, 0.1) is 0 Å². The molecule has 0 N–H and O–H groups in total. The number of ether oxygens (including phenoxy) is 1. The Bertz CT molecular complexity index is 597. The van der Waals surface area contributed by atoms with E-state index in [4.69, 9.17) is 4.74 Å². The molecule has 0 atom stereocenters. The number of benzene rings is 1. The second-order valence-electron chi connectivity index (χ2n) is 3.04. The van der Waals surface area contributed by atoms with Gasteiger partial charge in [-0.15, -0.1) is 0 Å². The van der Waals surface area contributed by atoms with Crippen molar-refractivity contribution in [1.29, 1.82) is 0 Å². The van der Waals surface area contributed by atoms with Gasteiger partial charge in [0.05, 0.1) is 10.2 Å². The van der Waals surface area contributed by atoms with Crippen LogP contribution in [0.4, 0.5) is 4.79 Å². The smallest absolute Gasteiger partial charge is 0.422 e. The minimum atomic E-state index is -0.664. The van der Waals surface area contributed by atoms with Crippen LogP contribution in [0.2, 0.25) is 0 Å². The van der Waals surface area contributed by atoms with Crippen LogP contribution in [0.5, 0.6) is 0 Å². The fourth-order valence-corrected chi connectivity index (χ4v) is 2.20. The van der Waals surface area contributed by atoms with E-state index in [1.165, 1.54) is 6.08 Å². The van der Waals surface area contributed by atoms with Crippen LogP contribution in [0.3, 0.4) is 0 Å². The van der Waals surface area contributed by atoms with Crippen molar-refractivity contribution in [2.75, 3.05) is 6.61 Å². The van der Waals surface area contributed by atoms with Gasteiger partial charge < -0.3 is 4.74 Å². The normalized spacial score (nSPS) is 10.2. The van der Waals surface area contributed by atoms with E-state index in [2.05, 4.69) is 6.58 Å². The van der Waals surface area contributed by atoms with Crippen molar-refractivity contribution >= 4 is 27.6 Å². The van der Waals surface area contributed by atoms with E-state index in [1.54, 1.807) is 18.2 Å².